The molecule has 1 aliphatic rings. The third-order valence-electron chi connectivity index (χ3n) is 4.17. The molecule has 0 fully saturated rings. The van der Waals surface area contributed by atoms with Crippen LogP contribution in [0.3, 0.4) is 0 Å². The van der Waals surface area contributed by atoms with Crippen LogP contribution in [0.1, 0.15) is 45.6 Å². The van der Waals surface area contributed by atoms with Crippen molar-refractivity contribution >= 4 is 29.7 Å². The second-order valence-electron chi connectivity index (χ2n) is 5.91. The highest BCUT2D eigenvalue weighted by atomic mass is 35.5. The molecule has 0 saturated carbocycles. The Kier molecular flexibility index (Phi) is 7.69. The molecule has 2 N–H and O–H groups in total. The molecule has 1 aliphatic carbocycles. The fourth-order valence-corrected chi connectivity index (χ4v) is 4.06. The van der Waals surface area contributed by atoms with Crippen LogP contribution in [0.15, 0.2) is 29.9 Å². The van der Waals surface area contributed by atoms with Gasteiger partial charge in [0, 0.05) is 35.7 Å². The molecule has 2 heterocycles. The predicted octanol–water partition coefficient (Wildman–Crippen LogP) is 3.35. The van der Waals surface area contributed by atoms with Gasteiger partial charge in [-0.15, -0.1) is 23.7 Å². The van der Waals surface area contributed by atoms with Crippen LogP contribution in [0.4, 0.5) is 0 Å². The largest absolute Gasteiger partial charge is 0.352 e. The van der Waals surface area contributed by atoms with Crippen LogP contribution in [0.2, 0.25) is 0 Å². The van der Waals surface area contributed by atoms with Crippen molar-refractivity contribution in [1.29, 1.82) is 0 Å². The van der Waals surface area contributed by atoms with Crippen molar-refractivity contribution < 1.29 is 4.79 Å². The summed E-state index contributed by atoms with van der Waals surface area (Å²) in [6, 6.07) is 4.00. The Morgan fingerprint density at radius 2 is 2.12 bits per heavy atom. The van der Waals surface area contributed by atoms with Gasteiger partial charge in [0.15, 0.2) is 0 Å². The molecule has 1 amide bonds. The van der Waals surface area contributed by atoms with E-state index in [1.807, 2.05) is 17.6 Å². The second kappa shape index (κ2) is 9.77. The van der Waals surface area contributed by atoms with Crippen LogP contribution in [-0.4, -0.2) is 24.0 Å². The molecule has 24 heavy (non-hydrogen) atoms. The van der Waals surface area contributed by atoms with Crippen LogP contribution in [0.25, 0.3) is 0 Å². The number of hydrogen-bond acceptors (Lipinski definition) is 4. The Balaban J connectivity index is 0.00000208. The van der Waals surface area contributed by atoms with E-state index in [1.54, 1.807) is 17.5 Å². The average Bonchev–Trinajstić information content (AvgIpc) is 3.03. The summed E-state index contributed by atoms with van der Waals surface area (Å²) in [5, 5.41) is 8.45. The number of carbonyl (C=O) groups excluding carboxylic acids is 1. The highest BCUT2D eigenvalue weighted by Crippen LogP contribution is 2.30. The summed E-state index contributed by atoms with van der Waals surface area (Å²) >= 11 is 1.75. The Bertz CT molecular complexity index is 645. The molecule has 0 atom stereocenters. The van der Waals surface area contributed by atoms with Gasteiger partial charge in [-0.2, -0.15) is 0 Å². The van der Waals surface area contributed by atoms with Gasteiger partial charge in [-0.1, -0.05) is 6.07 Å². The molecule has 4 nitrogen and oxygen atoms in total. The highest BCUT2D eigenvalue weighted by molar-refractivity contribution is 7.10. The van der Waals surface area contributed by atoms with Gasteiger partial charge in [-0.05, 0) is 55.8 Å². The first-order valence-electron chi connectivity index (χ1n) is 8.31. The maximum absolute atomic E-state index is 12.3. The Labute approximate surface area is 153 Å². The van der Waals surface area contributed by atoms with E-state index < -0.39 is 0 Å². The smallest absolute Gasteiger partial charge is 0.252 e. The van der Waals surface area contributed by atoms with E-state index in [-0.39, 0.29) is 18.3 Å². The SMILES string of the molecule is Cl.O=C(NCCCNCc1cccnc1)c1csc2c1CCCC2. The van der Waals surface area contributed by atoms with Crippen LogP contribution in [0, 0.1) is 0 Å². The maximum atomic E-state index is 12.3. The monoisotopic (exact) mass is 365 g/mol. The number of rotatable bonds is 7. The molecule has 130 valence electrons. The Morgan fingerprint density at radius 1 is 1.25 bits per heavy atom. The van der Waals surface area contributed by atoms with Crippen LogP contribution < -0.4 is 10.6 Å². The predicted molar refractivity (Wildman–Crippen MR) is 101 cm³/mol. The number of halogens is 1. The minimum atomic E-state index is 0. The summed E-state index contributed by atoms with van der Waals surface area (Å²) in [5.41, 5.74) is 3.39. The Hall–Kier alpha value is -1.43. The second-order valence-corrected chi connectivity index (χ2v) is 6.87. The number of fused-ring (bicyclic) bond motifs is 1. The molecule has 0 spiro atoms. The molecule has 2 aromatic heterocycles. The first-order valence-corrected chi connectivity index (χ1v) is 9.19. The van der Waals surface area contributed by atoms with Gasteiger partial charge in [0.2, 0.25) is 0 Å². The van der Waals surface area contributed by atoms with E-state index in [0.29, 0.717) is 6.54 Å². The summed E-state index contributed by atoms with van der Waals surface area (Å²) in [6.07, 6.45) is 9.26. The molecule has 3 rings (SSSR count). The summed E-state index contributed by atoms with van der Waals surface area (Å²) in [7, 11) is 0. The number of thiophene rings is 1. The van der Waals surface area contributed by atoms with Crippen LogP contribution in [0.5, 0.6) is 0 Å². The summed E-state index contributed by atoms with van der Waals surface area (Å²) < 4.78 is 0. The first-order chi connectivity index (χ1) is 11.3. The van der Waals surface area contributed by atoms with Crippen molar-refractivity contribution in [3.8, 4) is 0 Å². The lowest BCUT2D eigenvalue weighted by Gasteiger charge is -2.12. The number of hydrogen-bond donors (Lipinski definition) is 2. The molecular weight excluding hydrogens is 342 g/mol. The van der Waals surface area contributed by atoms with Gasteiger partial charge in [-0.3, -0.25) is 9.78 Å². The molecule has 2 aromatic rings. The molecule has 0 radical (unpaired) electrons. The van der Waals surface area contributed by atoms with E-state index in [0.717, 1.165) is 37.9 Å². The van der Waals surface area contributed by atoms with Gasteiger partial charge in [0.05, 0.1) is 5.56 Å². The lowest BCUT2D eigenvalue weighted by atomic mass is 9.96. The topological polar surface area (TPSA) is 54.0 Å². The zero-order valence-electron chi connectivity index (χ0n) is 13.7. The van der Waals surface area contributed by atoms with E-state index >= 15 is 0 Å². The van der Waals surface area contributed by atoms with E-state index in [4.69, 9.17) is 0 Å². The molecule has 6 heteroatoms. The van der Waals surface area contributed by atoms with Gasteiger partial charge in [-0.25, -0.2) is 0 Å². The quantitative estimate of drug-likeness (QED) is 0.740. The first kappa shape index (κ1) is 18.9. The standard InChI is InChI=1S/C18H23N3OS.ClH/c22-18(16-13-23-17-7-2-1-6-15(16)17)21-10-4-9-20-12-14-5-3-8-19-11-14;/h3,5,8,11,13,20H,1-2,4,6-7,9-10,12H2,(H,21,22);1H. The maximum Gasteiger partial charge on any atom is 0.252 e. The van der Waals surface area contributed by atoms with Gasteiger partial charge < -0.3 is 10.6 Å². The van der Waals surface area contributed by atoms with Gasteiger partial charge in [0.25, 0.3) is 5.91 Å². The average molecular weight is 366 g/mol. The third kappa shape index (κ3) is 5.03. The van der Waals surface area contributed by atoms with Crippen molar-refractivity contribution in [1.82, 2.24) is 15.6 Å². The van der Waals surface area contributed by atoms with E-state index in [1.165, 1.54) is 28.8 Å². The summed E-state index contributed by atoms with van der Waals surface area (Å²) in [4.78, 5) is 17.8. The minimum Gasteiger partial charge on any atom is -0.352 e. The zero-order valence-corrected chi connectivity index (χ0v) is 15.3. The molecule has 0 aromatic carbocycles. The summed E-state index contributed by atoms with van der Waals surface area (Å²) in [5.74, 6) is 0.0941. The van der Waals surface area contributed by atoms with Gasteiger partial charge in [0.1, 0.15) is 0 Å². The normalized spacial score (nSPS) is 13.0. The number of nitrogens with zero attached hydrogens (tertiary/aromatic N) is 1. The molecule has 0 aliphatic heterocycles. The molecule has 0 unspecified atom stereocenters. The third-order valence-corrected chi connectivity index (χ3v) is 5.26. The van der Waals surface area contributed by atoms with Crippen molar-refractivity contribution in [2.45, 2.75) is 38.6 Å². The number of carbonyl (C=O) groups is 1. The molecule has 0 saturated heterocycles. The lowest BCUT2D eigenvalue weighted by Crippen LogP contribution is -2.27. The van der Waals surface area contributed by atoms with E-state index in [9.17, 15) is 4.79 Å². The van der Waals surface area contributed by atoms with Crippen molar-refractivity contribution in [3.63, 3.8) is 0 Å². The lowest BCUT2D eigenvalue weighted by molar-refractivity contribution is 0.0952. The fraction of sp³-hybridized carbons (Fsp3) is 0.444. The fourth-order valence-electron chi connectivity index (χ4n) is 2.93. The van der Waals surface area contributed by atoms with Crippen molar-refractivity contribution in [2.24, 2.45) is 0 Å². The van der Waals surface area contributed by atoms with Gasteiger partial charge >= 0.3 is 0 Å². The number of aromatic nitrogens is 1. The number of amides is 1. The van der Waals surface area contributed by atoms with Crippen LogP contribution >= 0.6 is 23.7 Å². The molecular formula is C18H24ClN3OS. The molecule has 0 bridgehead atoms. The minimum absolute atomic E-state index is 0. The van der Waals surface area contributed by atoms with Crippen molar-refractivity contribution in [3.05, 3.63) is 51.5 Å². The number of nitrogens with one attached hydrogen (secondary N) is 2. The van der Waals surface area contributed by atoms with Crippen molar-refractivity contribution in [2.75, 3.05) is 13.1 Å². The zero-order chi connectivity index (χ0) is 15.9. The van der Waals surface area contributed by atoms with E-state index in [2.05, 4.69) is 21.7 Å². The Morgan fingerprint density at radius 3 is 2.96 bits per heavy atom. The number of pyridine rings is 1. The summed E-state index contributed by atoms with van der Waals surface area (Å²) in [6.45, 7) is 2.42. The van der Waals surface area contributed by atoms with Crippen LogP contribution in [-0.2, 0) is 19.4 Å². The number of aryl methyl sites for hydroxylation is 1. The highest BCUT2D eigenvalue weighted by Gasteiger charge is 2.19.